The largest absolute Gasteiger partial charge is 0.478 e. The molecule has 4 nitrogen and oxygen atoms in total. The van der Waals surface area contributed by atoms with Gasteiger partial charge in [-0.1, -0.05) is 43.4 Å². The monoisotopic (exact) mass is 309 g/mol. The third kappa shape index (κ3) is 4.46. The Morgan fingerprint density at radius 3 is 2.48 bits per heavy atom. The molecule has 0 atom stereocenters. The normalized spacial score (nSPS) is 16.2. The fourth-order valence-electron chi connectivity index (χ4n) is 2.88. The number of hydrogen-bond donors (Lipinski definition) is 2. The van der Waals surface area contributed by atoms with Crippen molar-refractivity contribution in [3.8, 4) is 0 Å². The predicted octanol–water partition coefficient (Wildman–Crippen LogP) is 4.34. The quantitative estimate of drug-likeness (QED) is 0.813. The summed E-state index contributed by atoms with van der Waals surface area (Å²) in [4.78, 5) is 23.4. The van der Waals surface area contributed by atoms with E-state index in [2.05, 4.69) is 5.32 Å². The molecule has 1 saturated carbocycles. The van der Waals surface area contributed by atoms with E-state index in [0.717, 1.165) is 12.8 Å². The number of aromatic carboxylic acids is 1. The first-order valence-corrected chi connectivity index (χ1v) is 7.77. The first-order chi connectivity index (χ1) is 10.1. The second-order valence-electron chi connectivity index (χ2n) is 5.58. The minimum absolute atomic E-state index is 0.0478. The number of nitrogens with one attached hydrogen (secondary N) is 1. The molecule has 0 saturated heterocycles. The molecular formula is C16H20ClNO3. The molecule has 21 heavy (non-hydrogen) atoms. The highest BCUT2D eigenvalue weighted by Gasteiger charge is 2.19. The highest BCUT2D eigenvalue weighted by atomic mass is 35.5. The molecule has 1 aromatic carbocycles. The Morgan fingerprint density at radius 2 is 1.86 bits per heavy atom. The fourth-order valence-corrected chi connectivity index (χ4v) is 3.13. The number of carbonyl (C=O) groups excluding carboxylic acids is 1. The average Bonchev–Trinajstić information content (AvgIpc) is 2.66. The van der Waals surface area contributed by atoms with Gasteiger partial charge in [-0.05, 0) is 30.9 Å². The zero-order valence-electron chi connectivity index (χ0n) is 11.9. The molecule has 1 amide bonds. The Morgan fingerprint density at radius 1 is 1.19 bits per heavy atom. The average molecular weight is 310 g/mol. The van der Waals surface area contributed by atoms with Crippen molar-refractivity contribution >= 4 is 29.2 Å². The van der Waals surface area contributed by atoms with E-state index in [1.807, 2.05) is 0 Å². The maximum atomic E-state index is 12.1. The summed E-state index contributed by atoms with van der Waals surface area (Å²) in [6.45, 7) is 0. The molecule has 0 unspecified atom stereocenters. The molecular weight excluding hydrogens is 290 g/mol. The Hall–Kier alpha value is -1.55. The van der Waals surface area contributed by atoms with E-state index in [-0.39, 0.29) is 22.2 Å². The topological polar surface area (TPSA) is 66.4 Å². The number of benzene rings is 1. The summed E-state index contributed by atoms with van der Waals surface area (Å²) in [6.07, 6.45) is 7.45. The summed E-state index contributed by atoms with van der Waals surface area (Å²) in [5, 5.41) is 12.0. The minimum atomic E-state index is -1.13. The van der Waals surface area contributed by atoms with Gasteiger partial charge in [-0.2, -0.15) is 0 Å². The van der Waals surface area contributed by atoms with Gasteiger partial charge >= 0.3 is 5.97 Å². The van der Waals surface area contributed by atoms with Crippen molar-refractivity contribution in [3.05, 3.63) is 28.8 Å². The number of carboxylic acids is 1. The van der Waals surface area contributed by atoms with Crippen LogP contribution in [0.15, 0.2) is 18.2 Å². The lowest BCUT2D eigenvalue weighted by atomic mass is 9.96. The first kappa shape index (κ1) is 15.8. The van der Waals surface area contributed by atoms with Crippen molar-refractivity contribution in [2.45, 2.75) is 44.9 Å². The third-order valence-corrected chi connectivity index (χ3v) is 4.27. The van der Waals surface area contributed by atoms with Crippen molar-refractivity contribution in [3.63, 3.8) is 0 Å². The highest BCUT2D eigenvalue weighted by Crippen LogP contribution is 2.27. The minimum Gasteiger partial charge on any atom is -0.478 e. The smallest absolute Gasteiger partial charge is 0.339 e. The Bertz CT molecular complexity index is 522. The van der Waals surface area contributed by atoms with Gasteiger partial charge in [-0.15, -0.1) is 0 Å². The number of amides is 1. The summed E-state index contributed by atoms with van der Waals surface area (Å²) in [7, 11) is 0. The van der Waals surface area contributed by atoms with Gasteiger partial charge in [-0.25, -0.2) is 4.79 Å². The van der Waals surface area contributed by atoms with Crippen LogP contribution in [-0.4, -0.2) is 17.0 Å². The maximum Gasteiger partial charge on any atom is 0.339 e. The molecule has 1 aliphatic carbocycles. The van der Waals surface area contributed by atoms with Gasteiger partial charge < -0.3 is 10.4 Å². The van der Waals surface area contributed by atoms with Gasteiger partial charge in [0.15, 0.2) is 0 Å². The zero-order valence-corrected chi connectivity index (χ0v) is 12.7. The SMILES string of the molecule is O=C(CC1CCCCCC1)Nc1cccc(Cl)c1C(=O)O. The molecule has 0 bridgehead atoms. The highest BCUT2D eigenvalue weighted by molar-refractivity contribution is 6.34. The van der Waals surface area contributed by atoms with E-state index in [9.17, 15) is 14.7 Å². The molecule has 0 aromatic heterocycles. The van der Waals surface area contributed by atoms with Crippen LogP contribution >= 0.6 is 11.6 Å². The van der Waals surface area contributed by atoms with Gasteiger partial charge in [-0.3, -0.25) is 4.79 Å². The summed E-state index contributed by atoms with van der Waals surface area (Å²) in [6, 6.07) is 4.71. The number of carbonyl (C=O) groups is 2. The number of hydrogen-bond acceptors (Lipinski definition) is 2. The number of carboxylic acid groups (broad SMARTS) is 1. The van der Waals surface area contributed by atoms with Gasteiger partial charge in [0, 0.05) is 6.42 Å². The molecule has 0 aliphatic heterocycles. The van der Waals surface area contributed by atoms with Crippen molar-refractivity contribution in [2.75, 3.05) is 5.32 Å². The van der Waals surface area contributed by atoms with E-state index in [1.54, 1.807) is 12.1 Å². The van der Waals surface area contributed by atoms with Gasteiger partial charge in [0.05, 0.1) is 10.7 Å². The van der Waals surface area contributed by atoms with Gasteiger partial charge in [0.25, 0.3) is 0 Å². The number of anilines is 1. The molecule has 1 aliphatic rings. The van der Waals surface area contributed by atoms with Crippen molar-refractivity contribution in [1.82, 2.24) is 0 Å². The second-order valence-corrected chi connectivity index (χ2v) is 5.98. The van der Waals surface area contributed by atoms with Crippen LogP contribution in [0.2, 0.25) is 5.02 Å². The van der Waals surface area contributed by atoms with Crippen LogP contribution in [0.1, 0.15) is 55.3 Å². The van der Waals surface area contributed by atoms with E-state index in [1.165, 1.54) is 31.7 Å². The molecule has 2 N–H and O–H groups in total. The molecule has 1 fully saturated rings. The van der Waals surface area contributed by atoms with Crippen LogP contribution in [0.3, 0.4) is 0 Å². The lowest BCUT2D eigenvalue weighted by Gasteiger charge is -2.15. The second kappa shape index (κ2) is 7.46. The third-order valence-electron chi connectivity index (χ3n) is 3.95. The Balaban J connectivity index is 2.02. The molecule has 0 spiro atoms. The standard InChI is InChI=1S/C16H20ClNO3/c17-12-8-5-9-13(15(12)16(20)21)18-14(19)10-11-6-3-1-2-4-7-11/h5,8-9,11H,1-4,6-7,10H2,(H,18,19)(H,20,21). The molecule has 0 heterocycles. The van der Waals surface area contributed by atoms with Crippen molar-refractivity contribution in [1.29, 1.82) is 0 Å². The molecule has 1 aromatic rings. The van der Waals surface area contributed by atoms with E-state index >= 15 is 0 Å². The van der Waals surface area contributed by atoms with Crippen LogP contribution in [0.4, 0.5) is 5.69 Å². The number of rotatable bonds is 4. The molecule has 5 heteroatoms. The lowest BCUT2D eigenvalue weighted by molar-refractivity contribution is -0.117. The summed E-state index contributed by atoms with van der Waals surface area (Å²) in [5.41, 5.74) is 0.224. The predicted molar refractivity (Wildman–Crippen MR) is 82.9 cm³/mol. The van der Waals surface area contributed by atoms with E-state index in [4.69, 9.17) is 11.6 Å². The van der Waals surface area contributed by atoms with Crippen LogP contribution in [0, 0.1) is 5.92 Å². The van der Waals surface area contributed by atoms with Crippen LogP contribution in [-0.2, 0) is 4.79 Å². The van der Waals surface area contributed by atoms with Crippen LogP contribution in [0.5, 0.6) is 0 Å². The van der Waals surface area contributed by atoms with Crippen molar-refractivity contribution in [2.24, 2.45) is 5.92 Å². The van der Waals surface area contributed by atoms with E-state index in [0.29, 0.717) is 12.3 Å². The van der Waals surface area contributed by atoms with Gasteiger partial charge in [0.1, 0.15) is 5.56 Å². The Labute approximate surface area is 129 Å². The van der Waals surface area contributed by atoms with Crippen LogP contribution in [0.25, 0.3) is 0 Å². The summed E-state index contributed by atoms with van der Waals surface area (Å²) < 4.78 is 0. The number of halogens is 1. The maximum absolute atomic E-state index is 12.1. The summed E-state index contributed by atoms with van der Waals surface area (Å²) in [5.74, 6) is -0.864. The molecule has 2 rings (SSSR count). The van der Waals surface area contributed by atoms with Crippen LogP contribution < -0.4 is 5.32 Å². The van der Waals surface area contributed by atoms with Gasteiger partial charge in [0.2, 0.25) is 5.91 Å². The summed E-state index contributed by atoms with van der Waals surface area (Å²) >= 11 is 5.89. The first-order valence-electron chi connectivity index (χ1n) is 7.39. The Kier molecular flexibility index (Phi) is 5.62. The zero-order chi connectivity index (χ0) is 15.2. The van der Waals surface area contributed by atoms with Crippen molar-refractivity contribution < 1.29 is 14.7 Å². The fraction of sp³-hybridized carbons (Fsp3) is 0.500. The lowest BCUT2D eigenvalue weighted by Crippen LogP contribution is -2.18. The molecule has 114 valence electrons. The molecule has 0 radical (unpaired) electrons. The van der Waals surface area contributed by atoms with E-state index < -0.39 is 5.97 Å².